The normalized spacial score (nSPS) is 15.3. The minimum absolute atomic E-state index is 0.199. The van der Waals surface area contributed by atoms with Crippen molar-refractivity contribution >= 4 is 27.6 Å². The molecule has 1 aromatic carbocycles. The Labute approximate surface area is 141 Å². The van der Waals surface area contributed by atoms with Gasteiger partial charge in [-0.05, 0) is 43.5 Å². The molecule has 1 amide bonds. The Morgan fingerprint density at radius 1 is 1.42 bits per heavy atom. The van der Waals surface area contributed by atoms with Crippen molar-refractivity contribution < 1.29 is 23.1 Å². The van der Waals surface area contributed by atoms with Gasteiger partial charge in [-0.2, -0.15) is 0 Å². The molecule has 0 saturated carbocycles. The van der Waals surface area contributed by atoms with Crippen LogP contribution >= 0.6 is 0 Å². The van der Waals surface area contributed by atoms with Crippen molar-refractivity contribution in [3.05, 3.63) is 41.5 Å². The molecule has 7 nitrogen and oxygen atoms in total. The van der Waals surface area contributed by atoms with Crippen molar-refractivity contribution in [3.63, 3.8) is 0 Å². The van der Waals surface area contributed by atoms with Crippen LogP contribution in [0, 0.1) is 0 Å². The van der Waals surface area contributed by atoms with Gasteiger partial charge in [0.25, 0.3) is 5.91 Å². The number of benzene rings is 1. The third-order valence-corrected chi connectivity index (χ3v) is 4.99. The molecule has 0 fully saturated rings. The number of carboxylic acids is 1. The first-order valence-electron chi connectivity index (χ1n) is 7.49. The second kappa shape index (κ2) is 7.04. The quantitative estimate of drug-likeness (QED) is 0.748. The number of amides is 1. The molecule has 1 unspecified atom stereocenters. The van der Waals surface area contributed by atoms with Crippen molar-refractivity contribution in [3.8, 4) is 0 Å². The maximum absolute atomic E-state index is 12.3. The van der Waals surface area contributed by atoms with E-state index in [-0.39, 0.29) is 6.42 Å². The van der Waals surface area contributed by atoms with Crippen LogP contribution in [0.3, 0.4) is 0 Å². The summed E-state index contributed by atoms with van der Waals surface area (Å²) in [6.07, 6.45) is 5.25. The van der Waals surface area contributed by atoms with E-state index >= 15 is 0 Å². The maximum Gasteiger partial charge on any atom is 0.326 e. The molecular formula is C16H20N2O5S. The van der Waals surface area contributed by atoms with Crippen LogP contribution in [0.2, 0.25) is 0 Å². The van der Waals surface area contributed by atoms with Gasteiger partial charge >= 0.3 is 5.97 Å². The number of nitrogens with zero attached hydrogens (tertiary/aromatic N) is 1. The van der Waals surface area contributed by atoms with Gasteiger partial charge in [0.15, 0.2) is 0 Å². The molecule has 2 N–H and O–H groups in total. The topological polar surface area (TPSA) is 104 Å². The van der Waals surface area contributed by atoms with Crippen LogP contribution in [-0.4, -0.2) is 44.2 Å². The van der Waals surface area contributed by atoms with Crippen molar-refractivity contribution in [2.45, 2.75) is 25.8 Å². The summed E-state index contributed by atoms with van der Waals surface area (Å²) >= 11 is 0. The number of fused-ring (bicyclic) bond motifs is 1. The number of carboxylic acid groups (broad SMARTS) is 1. The summed E-state index contributed by atoms with van der Waals surface area (Å²) in [5.74, 6) is -1.60. The zero-order valence-corrected chi connectivity index (χ0v) is 14.3. The van der Waals surface area contributed by atoms with E-state index in [4.69, 9.17) is 5.11 Å². The van der Waals surface area contributed by atoms with Crippen LogP contribution in [0.15, 0.2) is 30.4 Å². The predicted molar refractivity (Wildman–Crippen MR) is 90.7 cm³/mol. The van der Waals surface area contributed by atoms with Crippen LogP contribution in [0.5, 0.6) is 0 Å². The molecule has 1 atom stereocenters. The molecule has 1 aliphatic heterocycles. The summed E-state index contributed by atoms with van der Waals surface area (Å²) in [5.41, 5.74) is 1.64. The first-order chi connectivity index (χ1) is 11.2. The lowest BCUT2D eigenvalue weighted by molar-refractivity contribution is -0.139. The number of hydrogen-bond acceptors (Lipinski definition) is 4. The smallest absolute Gasteiger partial charge is 0.326 e. The van der Waals surface area contributed by atoms with Gasteiger partial charge in [-0.25, -0.2) is 13.2 Å². The zero-order valence-electron chi connectivity index (χ0n) is 13.5. The molecule has 1 aromatic rings. The molecule has 0 spiro atoms. The molecule has 1 heterocycles. The lowest BCUT2D eigenvalue weighted by Crippen LogP contribution is -2.40. The predicted octanol–water partition coefficient (Wildman–Crippen LogP) is 1.16. The second-order valence-corrected chi connectivity index (χ2v) is 7.50. The third-order valence-electron chi connectivity index (χ3n) is 3.81. The Morgan fingerprint density at radius 2 is 2.12 bits per heavy atom. The van der Waals surface area contributed by atoms with E-state index in [0.29, 0.717) is 24.2 Å². The van der Waals surface area contributed by atoms with Crippen LogP contribution < -0.4 is 9.62 Å². The highest BCUT2D eigenvalue weighted by molar-refractivity contribution is 7.92. The summed E-state index contributed by atoms with van der Waals surface area (Å²) in [6.45, 7) is 2.12. The molecule has 0 bridgehead atoms. The zero-order chi connectivity index (χ0) is 17.9. The Kier molecular flexibility index (Phi) is 5.28. The number of carbonyl (C=O) groups excluding carboxylic acids is 1. The van der Waals surface area contributed by atoms with Gasteiger partial charge in [0.1, 0.15) is 6.04 Å². The fraction of sp³-hybridized carbons (Fsp3) is 0.375. The monoisotopic (exact) mass is 352 g/mol. The lowest BCUT2D eigenvalue weighted by atomic mass is 10.1. The Balaban J connectivity index is 2.19. The van der Waals surface area contributed by atoms with E-state index in [0.717, 1.165) is 11.8 Å². The first-order valence-corrected chi connectivity index (χ1v) is 9.34. The van der Waals surface area contributed by atoms with Crippen LogP contribution in [0.4, 0.5) is 5.69 Å². The number of allylic oxidation sites excluding steroid dienone is 1. The number of nitrogens with one attached hydrogen (secondary N) is 1. The first kappa shape index (κ1) is 18.0. The molecule has 8 heteroatoms. The van der Waals surface area contributed by atoms with Crippen molar-refractivity contribution in [1.29, 1.82) is 0 Å². The van der Waals surface area contributed by atoms with Gasteiger partial charge < -0.3 is 10.4 Å². The molecular weight excluding hydrogens is 332 g/mol. The summed E-state index contributed by atoms with van der Waals surface area (Å²) < 4.78 is 24.7. The van der Waals surface area contributed by atoms with Crippen LogP contribution in [0.1, 0.15) is 29.3 Å². The van der Waals surface area contributed by atoms with Crippen LogP contribution in [-0.2, 0) is 21.2 Å². The van der Waals surface area contributed by atoms with Gasteiger partial charge in [-0.15, -0.1) is 0 Å². The van der Waals surface area contributed by atoms with Gasteiger partial charge in [0, 0.05) is 12.1 Å². The van der Waals surface area contributed by atoms with E-state index < -0.39 is 27.9 Å². The standard InChI is InChI=1S/C16H20N2O5S/c1-3-4-5-13(16(20)21)17-15(19)12-6-7-14-11(10-12)8-9-18(14)24(2,22)23/h3-4,6-7,10,13H,5,8-9H2,1-2H3,(H,17,19)(H,20,21)/b4-3+. The number of hydrogen-bond donors (Lipinski definition) is 2. The highest BCUT2D eigenvalue weighted by Gasteiger charge is 2.27. The summed E-state index contributed by atoms with van der Waals surface area (Å²) in [4.78, 5) is 23.5. The van der Waals surface area contributed by atoms with Crippen molar-refractivity contribution in [2.24, 2.45) is 0 Å². The lowest BCUT2D eigenvalue weighted by Gasteiger charge is -2.17. The average molecular weight is 352 g/mol. The minimum atomic E-state index is -3.34. The van der Waals surface area contributed by atoms with E-state index in [1.165, 1.54) is 10.4 Å². The fourth-order valence-corrected chi connectivity index (χ4v) is 3.55. The highest BCUT2D eigenvalue weighted by Crippen LogP contribution is 2.30. The van der Waals surface area contributed by atoms with Gasteiger partial charge in [0.05, 0.1) is 11.9 Å². The maximum atomic E-state index is 12.3. The third kappa shape index (κ3) is 3.94. The SMILES string of the molecule is C/C=C/CC(NC(=O)c1ccc2c(c1)CCN2S(C)(=O)=O)C(=O)O. The Bertz CT molecular complexity index is 786. The van der Waals surface area contributed by atoms with Crippen molar-refractivity contribution in [1.82, 2.24) is 5.32 Å². The van der Waals surface area contributed by atoms with Crippen molar-refractivity contribution in [2.75, 3.05) is 17.1 Å². The molecule has 0 aliphatic carbocycles. The number of aliphatic carboxylic acids is 1. The number of carbonyl (C=O) groups is 2. The van der Waals surface area contributed by atoms with Crippen LogP contribution in [0.25, 0.3) is 0 Å². The summed E-state index contributed by atoms with van der Waals surface area (Å²) in [5, 5.41) is 11.6. The van der Waals surface area contributed by atoms with E-state index in [1.54, 1.807) is 31.2 Å². The molecule has 0 radical (unpaired) electrons. The van der Waals surface area contributed by atoms with Gasteiger partial charge in [-0.1, -0.05) is 12.2 Å². The highest BCUT2D eigenvalue weighted by atomic mass is 32.2. The molecule has 0 aromatic heterocycles. The van der Waals surface area contributed by atoms with E-state index in [9.17, 15) is 18.0 Å². The molecule has 130 valence electrons. The Morgan fingerprint density at radius 3 is 2.71 bits per heavy atom. The van der Waals surface area contributed by atoms with E-state index in [2.05, 4.69) is 5.32 Å². The minimum Gasteiger partial charge on any atom is -0.480 e. The summed E-state index contributed by atoms with van der Waals surface area (Å²) in [7, 11) is -3.34. The Hall–Kier alpha value is -2.35. The number of rotatable bonds is 6. The largest absolute Gasteiger partial charge is 0.480 e. The molecule has 24 heavy (non-hydrogen) atoms. The number of sulfonamides is 1. The molecule has 2 rings (SSSR count). The average Bonchev–Trinajstić information content (AvgIpc) is 2.93. The van der Waals surface area contributed by atoms with Gasteiger partial charge in [0.2, 0.25) is 10.0 Å². The van der Waals surface area contributed by atoms with Gasteiger partial charge in [-0.3, -0.25) is 9.10 Å². The number of anilines is 1. The summed E-state index contributed by atoms with van der Waals surface area (Å²) in [6, 6.07) is 3.70. The second-order valence-electron chi connectivity index (χ2n) is 5.60. The molecule has 1 aliphatic rings. The van der Waals surface area contributed by atoms with E-state index in [1.807, 2.05) is 0 Å². The fourth-order valence-electron chi connectivity index (χ4n) is 2.59. The molecule has 0 saturated heterocycles.